The van der Waals surface area contributed by atoms with Gasteiger partial charge in [0.1, 0.15) is 17.3 Å². The van der Waals surface area contributed by atoms with E-state index in [0.29, 0.717) is 17.6 Å². The van der Waals surface area contributed by atoms with Gasteiger partial charge in [-0.25, -0.2) is 8.78 Å². The van der Waals surface area contributed by atoms with Gasteiger partial charge in [0.05, 0.1) is 5.56 Å². The van der Waals surface area contributed by atoms with Gasteiger partial charge in [-0.05, 0) is 30.7 Å². The van der Waals surface area contributed by atoms with Gasteiger partial charge in [-0.15, -0.1) is 5.10 Å². The van der Waals surface area contributed by atoms with E-state index in [1.165, 1.54) is 6.92 Å². The number of anilines is 1. The van der Waals surface area contributed by atoms with E-state index in [-0.39, 0.29) is 17.1 Å². The summed E-state index contributed by atoms with van der Waals surface area (Å²) in [6, 6.07) is 7.05. The highest BCUT2D eigenvalue weighted by Gasteiger charge is 2.17. The summed E-state index contributed by atoms with van der Waals surface area (Å²) in [6.45, 7) is 1.44. The predicted molar refractivity (Wildman–Crippen MR) is 78.7 cm³/mol. The predicted octanol–water partition coefficient (Wildman–Crippen LogP) is 2.71. The summed E-state index contributed by atoms with van der Waals surface area (Å²) in [7, 11) is 0. The van der Waals surface area contributed by atoms with Crippen LogP contribution in [0.4, 0.5) is 14.7 Å². The van der Waals surface area contributed by atoms with Crippen LogP contribution in [0.1, 0.15) is 15.9 Å². The van der Waals surface area contributed by atoms with Crippen molar-refractivity contribution >= 4 is 11.9 Å². The number of pyridine rings is 1. The number of hydrogen-bond donors (Lipinski definition) is 2. The van der Waals surface area contributed by atoms with Crippen molar-refractivity contribution < 1.29 is 13.6 Å². The Morgan fingerprint density at radius 3 is 2.78 bits per heavy atom. The zero-order chi connectivity index (χ0) is 16.4. The Hall–Kier alpha value is -3.16. The summed E-state index contributed by atoms with van der Waals surface area (Å²) in [4.78, 5) is 20.2. The normalized spacial score (nSPS) is 10.6. The molecule has 3 aromatic rings. The van der Waals surface area contributed by atoms with E-state index in [1.54, 1.807) is 24.4 Å². The van der Waals surface area contributed by atoms with Gasteiger partial charge < -0.3 is 0 Å². The Labute approximate surface area is 129 Å². The van der Waals surface area contributed by atoms with Crippen LogP contribution in [0, 0.1) is 18.6 Å². The number of hydrogen-bond acceptors (Lipinski definition) is 4. The number of aromatic nitrogens is 4. The molecule has 1 aromatic carbocycles. The standard InChI is InChI=1S/C15H11F2N5O/c1-8-6-9(11(17)7-10(8)16)14(23)20-15-19-13(21-22-15)12-4-2-3-5-18-12/h2-7H,1H3,(H2,19,20,21,22,23). The first-order valence-corrected chi connectivity index (χ1v) is 6.65. The maximum atomic E-state index is 13.7. The highest BCUT2D eigenvalue weighted by molar-refractivity contribution is 6.03. The summed E-state index contributed by atoms with van der Waals surface area (Å²) < 4.78 is 26.9. The number of aryl methyl sites for hydroxylation is 1. The fraction of sp³-hybridized carbons (Fsp3) is 0.0667. The largest absolute Gasteiger partial charge is 0.289 e. The molecule has 0 saturated carbocycles. The second-order valence-electron chi connectivity index (χ2n) is 4.76. The number of rotatable bonds is 3. The molecule has 0 atom stereocenters. The molecular weight excluding hydrogens is 304 g/mol. The number of carbonyl (C=O) groups excluding carboxylic acids is 1. The molecule has 0 fully saturated rings. The Morgan fingerprint density at radius 2 is 2.04 bits per heavy atom. The lowest BCUT2D eigenvalue weighted by molar-refractivity contribution is 0.102. The highest BCUT2D eigenvalue weighted by atomic mass is 19.1. The number of halogens is 2. The van der Waals surface area contributed by atoms with Crippen LogP contribution >= 0.6 is 0 Å². The summed E-state index contributed by atoms with van der Waals surface area (Å²) in [5.41, 5.74) is 0.429. The van der Waals surface area contributed by atoms with Crippen LogP contribution in [0.2, 0.25) is 0 Å². The lowest BCUT2D eigenvalue weighted by atomic mass is 10.1. The van der Waals surface area contributed by atoms with Gasteiger partial charge in [-0.3, -0.25) is 20.2 Å². The van der Waals surface area contributed by atoms with Crippen molar-refractivity contribution in [2.75, 3.05) is 5.32 Å². The minimum absolute atomic E-state index is 0.0305. The SMILES string of the molecule is Cc1cc(C(=O)Nc2n[nH]c(-c3ccccn3)n2)c(F)cc1F. The molecular formula is C15H11F2N5O. The van der Waals surface area contributed by atoms with Crippen LogP contribution in [0.25, 0.3) is 11.5 Å². The Bertz CT molecular complexity index is 864. The highest BCUT2D eigenvalue weighted by Crippen LogP contribution is 2.16. The van der Waals surface area contributed by atoms with Crippen LogP contribution in [0.3, 0.4) is 0 Å². The summed E-state index contributed by atoms with van der Waals surface area (Å²) >= 11 is 0. The van der Waals surface area contributed by atoms with Gasteiger partial charge in [0.15, 0.2) is 5.82 Å². The molecule has 0 radical (unpaired) electrons. The van der Waals surface area contributed by atoms with Crippen LogP contribution in [-0.2, 0) is 0 Å². The molecule has 0 aliphatic carbocycles. The average molecular weight is 315 g/mol. The third kappa shape index (κ3) is 3.05. The number of aromatic amines is 1. The van der Waals surface area contributed by atoms with Crippen LogP contribution in [-0.4, -0.2) is 26.1 Å². The lowest BCUT2D eigenvalue weighted by Gasteiger charge is -2.04. The molecule has 0 aliphatic rings. The van der Waals surface area contributed by atoms with Crippen molar-refractivity contribution in [1.29, 1.82) is 0 Å². The van der Waals surface area contributed by atoms with Gasteiger partial charge in [-0.1, -0.05) is 6.07 Å². The van der Waals surface area contributed by atoms with Crippen molar-refractivity contribution in [2.24, 2.45) is 0 Å². The summed E-state index contributed by atoms with van der Waals surface area (Å²) in [6.07, 6.45) is 1.59. The Morgan fingerprint density at radius 1 is 1.22 bits per heavy atom. The molecule has 2 N–H and O–H groups in total. The third-order valence-corrected chi connectivity index (χ3v) is 3.11. The fourth-order valence-electron chi connectivity index (χ4n) is 1.94. The molecule has 0 unspecified atom stereocenters. The molecule has 6 nitrogen and oxygen atoms in total. The van der Waals surface area contributed by atoms with E-state index in [1.807, 2.05) is 0 Å². The summed E-state index contributed by atoms with van der Waals surface area (Å²) in [5, 5.41) is 8.80. The lowest BCUT2D eigenvalue weighted by Crippen LogP contribution is -2.15. The minimum Gasteiger partial charge on any atom is -0.289 e. The van der Waals surface area contributed by atoms with Gasteiger partial charge in [-0.2, -0.15) is 4.98 Å². The number of carbonyl (C=O) groups is 1. The Kier molecular flexibility index (Phi) is 3.80. The topological polar surface area (TPSA) is 83.6 Å². The number of nitrogens with zero attached hydrogens (tertiary/aromatic N) is 3. The van der Waals surface area contributed by atoms with Crippen LogP contribution in [0.5, 0.6) is 0 Å². The van der Waals surface area contributed by atoms with E-state index in [2.05, 4.69) is 25.5 Å². The maximum Gasteiger partial charge on any atom is 0.261 e. The molecule has 8 heteroatoms. The molecule has 3 rings (SSSR count). The van der Waals surface area contributed by atoms with E-state index in [9.17, 15) is 13.6 Å². The number of nitrogens with one attached hydrogen (secondary N) is 2. The van der Waals surface area contributed by atoms with Gasteiger partial charge >= 0.3 is 0 Å². The molecule has 0 aliphatic heterocycles. The number of H-pyrrole nitrogens is 1. The van der Waals surface area contributed by atoms with Crippen molar-refractivity contribution in [3.8, 4) is 11.5 Å². The van der Waals surface area contributed by atoms with Gasteiger partial charge in [0.25, 0.3) is 5.91 Å². The smallest absolute Gasteiger partial charge is 0.261 e. The monoisotopic (exact) mass is 315 g/mol. The van der Waals surface area contributed by atoms with Gasteiger partial charge in [0, 0.05) is 12.3 Å². The quantitative estimate of drug-likeness (QED) is 0.778. The Balaban J connectivity index is 1.82. The molecule has 2 heterocycles. The zero-order valence-electron chi connectivity index (χ0n) is 12.0. The summed E-state index contributed by atoms with van der Waals surface area (Å²) in [5.74, 6) is -2.11. The minimum atomic E-state index is -0.953. The number of benzene rings is 1. The zero-order valence-corrected chi connectivity index (χ0v) is 12.0. The second kappa shape index (κ2) is 5.91. The van der Waals surface area contributed by atoms with E-state index in [4.69, 9.17) is 0 Å². The molecule has 116 valence electrons. The van der Waals surface area contributed by atoms with Crippen LogP contribution < -0.4 is 5.32 Å². The van der Waals surface area contributed by atoms with Gasteiger partial charge in [0.2, 0.25) is 5.95 Å². The van der Waals surface area contributed by atoms with Crippen molar-refractivity contribution in [3.05, 3.63) is 59.3 Å². The van der Waals surface area contributed by atoms with Crippen molar-refractivity contribution in [3.63, 3.8) is 0 Å². The molecule has 2 aromatic heterocycles. The van der Waals surface area contributed by atoms with E-state index in [0.717, 1.165) is 6.07 Å². The maximum absolute atomic E-state index is 13.7. The first-order chi connectivity index (χ1) is 11.0. The number of amides is 1. The fourth-order valence-corrected chi connectivity index (χ4v) is 1.94. The molecule has 0 spiro atoms. The average Bonchev–Trinajstić information content (AvgIpc) is 3.00. The molecule has 0 saturated heterocycles. The molecule has 23 heavy (non-hydrogen) atoms. The molecule has 0 bridgehead atoms. The van der Waals surface area contributed by atoms with Crippen molar-refractivity contribution in [1.82, 2.24) is 20.2 Å². The third-order valence-electron chi connectivity index (χ3n) is 3.11. The second-order valence-corrected chi connectivity index (χ2v) is 4.76. The first-order valence-electron chi connectivity index (χ1n) is 6.65. The van der Waals surface area contributed by atoms with Crippen LogP contribution in [0.15, 0.2) is 36.5 Å². The van der Waals surface area contributed by atoms with Crippen molar-refractivity contribution in [2.45, 2.75) is 6.92 Å². The van der Waals surface area contributed by atoms with E-state index >= 15 is 0 Å². The van der Waals surface area contributed by atoms with E-state index < -0.39 is 17.5 Å². The first kappa shape index (κ1) is 14.8. The molecule has 1 amide bonds.